The van der Waals surface area contributed by atoms with Gasteiger partial charge in [-0.25, -0.2) is 4.98 Å². The van der Waals surface area contributed by atoms with Crippen molar-refractivity contribution in [3.63, 3.8) is 0 Å². The second kappa shape index (κ2) is 8.32. The lowest BCUT2D eigenvalue weighted by molar-refractivity contribution is -0.133. The van der Waals surface area contributed by atoms with Crippen LogP contribution in [0.2, 0.25) is 0 Å². The lowest BCUT2D eigenvalue weighted by Gasteiger charge is -2.37. The van der Waals surface area contributed by atoms with Crippen LogP contribution in [0.3, 0.4) is 0 Å². The number of hydrogen-bond acceptors (Lipinski definition) is 4. The average molecular weight is 352 g/mol. The van der Waals surface area contributed by atoms with E-state index in [4.69, 9.17) is 0 Å². The molecule has 2 heterocycles. The van der Waals surface area contributed by atoms with Crippen molar-refractivity contribution in [2.75, 3.05) is 19.6 Å². The van der Waals surface area contributed by atoms with Gasteiger partial charge in [0.15, 0.2) is 0 Å². The molecule has 1 aromatic rings. The Morgan fingerprint density at radius 1 is 1.48 bits per heavy atom. The Bertz CT molecular complexity index is 443. The molecule has 0 bridgehead atoms. The highest BCUT2D eigenvalue weighted by molar-refractivity contribution is 7.09. The van der Waals surface area contributed by atoms with Crippen molar-refractivity contribution in [3.05, 3.63) is 16.6 Å². The Kier molecular flexibility index (Phi) is 7.40. The molecular formula is C14H23Cl2N3OS. The standard InChI is InChI=1S/C14H21N3OS.2ClH/c18-13(17-6-4-12-16-7-8-19-12)14-5-2-1-3-11(14)9-15-10-14;;/h7-8,11,15H,1-6,9-10H2,(H,17,18);2*1H/t11-,14+;;/m0../s1. The van der Waals surface area contributed by atoms with E-state index in [1.165, 1.54) is 19.3 Å². The summed E-state index contributed by atoms with van der Waals surface area (Å²) in [7, 11) is 0. The van der Waals surface area contributed by atoms with Crippen LogP contribution >= 0.6 is 36.2 Å². The van der Waals surface area contributed by atoms with Gasteiger partial charge in [-0.1, -0.05) is 12.8 Å². The molecule has 3 rings (SSSR count). The zero-order chi connectivity index (χ0) is 13.1. The molecule has 1 amide bonds. The Morgan fingerprint density at radius 2 is 2.33 bits per heavy atom. The van der Waals surface area contributed by atoms with E-state index >= 15 is 0 Å². The van der Waals surface area contributed by atoms with E-state index < -0.39 is 0 Å². The third-order valence-corrected chi connectivity index (χ3v) is 5.44. The maximum atomic E-state index is 12.6. The van der Waals surface area contributed by atoms with Crippen molar-refractivity contribution in [3.8, 4) is 0 Å². The highest BCUT2D eigenvalue weighted by Gasteiger charge is 2.49. The minimum atomic E-state index is -0.124. The molecule has 0 aromatic carbocycles. The maximum Gasteiger partial charge on any atom is 0.227 e. The summed E-state index contributed by atoms with van der Waals surface area (Å²) in [6.45, 7) is 2.58. The van der Waals surface area contributed by atoms with Gasteiger partial charge >= 0.3 is 0 Å². The predicted octanol–water partition coefficient (Wildman–Crippen LogP) is 2.43. The Morgan fingerprint density at radius 3 is 3.10 bits per heavy atom. The van der Waals surface area contributed by atoms with E-state index in [1.54, 1.807) is 11.3 Å². The van der Waals surface area contributed by atoms with Gasteiger partial charge in [0, 0.05) is 31.1 Å². The van der Waals surface area contributed by atoms with Gasteiger partial charge in [-0.05, 0) is 25.3 Å². The molecule has 1 saturated carbocycles. The van der Waals surface area contributed by atoms with Crippen LogP contribution in [-0.2, 0) is 11.2 Å². The molecule has 2 aliphatic rings. The van der Waals surface area contributed by atoms with Crippen LogP contribution in [0.5, 0.6) is 0 Å². The van der Waals surface area contributed by atoms with Gasteiger partial charge in [-0.3, -0.25) is 4.79 Å². The van der Waals surface area contributed by atoms with Gasteiger partial charge in [0.05, 0.1) is 10.4 Å². The fourth-order valence-electron chi connectivity index (χ4n) is 3.53. The molecule has 0 spiro atoms. The lowest BCUT2D eigenvalue weighted by atomic mass is 9.67. The van der Waals surface area contributed by atoms with Crippen LogP contribution in [-0.4, -0.2) is 30.5 Å². The van der Waals surface area contributed by atoms with Crippen LogP contribution in [0.25, 0.3) is 0 Å². The molecule has 0 unspecified atom stereocenters. The summed E-state index contributed by atoms with van der Waals surface area (Å²) >= 11 is 1.65. The van der Waals surface area contributed by atoms with Crippen LogP contribution in [0, 0.1) is 11.3 Å². The molecule has 1 aromatic heterocycles. The molecule has 1 saturated heterocycles. The van der Waals surface area contributed by atoms with Gasteiger partial charge < -0.3 is 10.6 Å². The topological polar surface area (TPSA) is 54.0 Å². The predicted molar refractivity (Wildman–Crippen MR) is 90.6 cm³/mol. The Hall–Kier alpha value is -0.360. The summed E-state index contributed by atoms with van der Waals surface area (Å²) in [6, 6.07) is 0. The number of halogens is 2. The van der Waals surface area contributed by atoms with Crippen molar-refractivity contribution in [1.29, 1.82) is 0 Å². The SMILES string of the molecule is Cl.Cl.O=C(NCCc1nccs1)[C@@]12CCCC[C@H]1CNC2. The highest BCUT2D eigenvalue weighted by Crippen LogP contribution is 2.43. The summed E-state index contributed by atoms with van der Waals surface area (Å²) in [5.41, 5.74) is -0.124. The fraction of sp³-hybridized carbons (Fsp3) is 0.714. The number of hydrogen-bond donors (Lipinski definition) is 2. The van der Waals surface area contributed by atoms with E-state index in [1.807, 2.05) is 11.6 Å². The monoisotopic (exact) mass is 351 g/mol. The van der Waals surface area contributed by atoms with Crippen molar-refractivity contribution in [1.82, 2.24) is 15.6 Å². The summed E-state index contributed by atoms with van der Waals surface area (Å²) in [5, 5.41) is 9.64. The van der Waals surface area contributed by atoms with Crippen LogP contribution < -0.4 is 10.6 Å². The van der Waals surface area contributed by atoms with Gasteiger partial charge in [-0.15, -0.1) is 36.2 Å². The largest absolute Gasteiger partial charge is 0.355 e. The molecule has 7 heteroatoms. The molecule has 4 nitrogen and oxygen atoms in total. The summed E-state index contributed by atoms with van der Waals surface area (Å²) < 4.78 is 0. The molecular weight excluding hydrogens is 329 g/mol. The molecule has 120 valence electrons. The maximum absolute atomic E-state index is 12.6. The van der Waals surface area contributed by atoms with Crippen molar-refractivity contribution in [2.45, 2.75) is 32.1 Å². The quantitative estimate of drug-likeness (QED) is 0.875. The van der Waals surface area contributed by atoms with Crippen LogP contribution in [0.1, 0.15) is 30.7 Å². The number of amides is 1. The number of rotatable bonds is 4. The lowest BCUT2D eigenvalue weighted by Crippen LogP contribution is -2.48. The highest BCUT2D eigenvalue weighted by atomic mass is 35.5. The third-order valence-electron chi connectivity index (χ3n) is 4.60. The normalized spacial score (nSPS) is 27.1. The zero-order valence-electron chi connectivity index (χ0n) is 12.0. The van der Waals surface area contributed by atoms with Crippen molar-refractivity contribution in [2.24, 2.45) is 11.3 Å². The third kappa shape index (κ3) is 3.89. The number of carbonyl (C=O) groups is 1. The first kappa shape index (κ1) is 18.7. The van der Waals surface area contributed by atoms with Gasteiger partial charge in [0.1, 0.15) is 0 Å². The molecule has 1 aliphatic heterocycles. The Balaban J connectivity index is 0.00000110. The zero-order valence-corrected chi connectivity index (χ0v) is 14.4. The number of nitrogens with zero attached hydrogens (tertiary/aromatic N) is 1. The van der Waals surface area contributed by atoms with E-state index in [-0.39, 0.29) is 36.1 Å². The van der Waals surface area contributed by atoms with E-state index in [9.17, 15) is 4.79 Å². The molecule has 2 fully saturated rings. The van der Waals surface area contributed by atoms with E-state index in [2.05, 4.69) is 15.6 Å². The number of nitrogens with one attached hydrogen (secondary N) is 2. The minimum absolute atomic E-state index is 0. The number of aromatic nitrogens is 1. The van der Waals surface area contributed by atoms with Crippen molar-refractivity contribution < 1.29 is 4.79 Å². The Labute approximate surface area is 142 Å². The first-order chi connectivity index (χ1) is 9.31. The van der Waals surface area contributed by atoms with E-state index in [0.29, 0.717) is 12.5 Å². The molecule has 2 atom stereocenters. The molecule has 2 N–H and O–H groups in total. The second-order valence-corrected chi connectivity index (χ2v) is 6.64. The summed E-state index contributed by atoms with van der Waals surface area (Å²) in [5.74, 6) is 0.805. The first-order valence-electron chi connectivity index (χ1n) is 7.19. The van der Waals surface area contributed by atoms with Gasteiger partial charge in [0.2, 0.25) is 5.91 Å². The minimum Gasteiger partial charge on any atom is -0.355 e. The second-order valence-electron chi connectivity index (χ2n) is 5.66. The van der Waals surface area contributed by atoms with Crippen LogP contribution in [0.15, 0.2) is 11.6 Å². The fourth-order valence-corrected chi connectivity index (χ4v) is 4.15. The van der Waals surface area contributed by atoms with Gasteiger partial charge in [0.25, 0.3) is 0 Å². The molecule has 1 aliphatic carbocycles. The smallest absolute Gasteiger partial charge is 0.227 e. The molecule has 21 heavy (non-hydrogen) atoms. The van der Waals surface area contributed by atoms with Crippen molar-refractivity contribution >= 4 is 42.1 Å². The average Bonchev–Trinajstić information content (AvgIpc) is 3.08. The molecule has 0 radical (unpaired) electrons. The summed E-state index contributed by atoms with van der Waals surface area (Å²) in [6.07, 6.45) is 7.38. The van der Waals surface area contributed by atoms with Gasteiger partial charge in [-0.2, -0.15) is 0 Å². The number of thiazole rings is 1. The number of carbonyl (C=O) groups excluding carboxylic acids is 1. The first-order valence-corrected chi connectivity index (χ1v) is 8.07. The summed E-state index contributed by atoms with van der Waals surface area (Å²) in [4.78, 5) is 16.8. The van der Waals surface area contributed by atoms with Crippen LogP contribution in [0.4, 0.5) is 0 Å². The van der Waals surface area contributed by atoms with E-state index in [0.717, 1.165) is 30.9 Å². The number of fused-ring (bicyclic) bond motifs is 1.